The molecule has 0 fully saturated rings. The summed E-state index contributed by atoms with van der Waals surface area (Å²) < 4.78 is 0. The summed E-state index contributed by atoms with van der Waals surface area (Å²) in [5.74, 6) is 0.219. The Labute approximate surface area is 95.4 Å². The second-order valence-corrected chi connectivity index (χ2v) is 4.62. The highest BCUT2D eigenvalue weighted by Gasteiger charge is 2.18. The largest absolute Gasteiger partial charge is 0.294 e. The van der Waals surface area contributed by atoms with E-state index >= 15 is 0 Å². The third-order valence-corrected chi connectivity index (χ3v) is 3.46. The molecule has 82 valence electrons. The first-order chi connectivity index (χ1) is 7.84. The topological polar surface area (TPSA) is 30.0 Å². The predicted octanol–water partition coefficient (Wildman–Crippen LogP) is 2.95. The van der Waals surface area contributed by atoms with Gasteiger partial charge in [0, 0.05) is 17.7 Å². The molecule has 0 spiro atoms. The molecule has 2 heteroatoms. The molecule has 2 aliphatic rings. The fraction of sp³-hybridized carbons (Fsp3) is 0.429. The lowest BCUT2D eigenvalue weighted by Crippen LogP contribution is -2.10. The van der Waals surface area contributed by atoms with Gasteiger partial charge < -0.3 is 0 Å². The Balaban J connectivity index is 2.13. The highest BCUT2D eigenvalue weighted by Crippen LogP contribution is 2.25. The van der Waals surface area contributed by atoms with Crippen LogP contribution >= 0.6 is 0 Å². The van der Waals surface area contributed by atoms with Gasteiger partial charge in [0.2, 0.25) is 0 Å². The first kappa shape index (κ1) is 9.76. The van der Waals surface area contributed by atoms with Crippen molar-refractivity contribution in [2.24, 2.45) is 0 Å². The Hall–Kier alpha value is -1.44. The molecular weight excluding hydrogens is 198 g/mol. The fourth-order valence-electron chi connectivity index (χ4n) is 2.56. The van der Waals surface area contributed by atoms with Gasteiger partial charge in [0.1, 0.15) is 0 Å². The third kappa shape index (κ3) is 1.58. The Morgan fingerprint density at radius 1 is 1.12 bits per heavy atom. The molecule has 0 radical (unpaired) electrons. The number of aromatic nitrogens is 1. The average molecular weight is 213 g/mol. The van der Waals surface area contributed by atoms with E-state index in [9.17, 15) is 4.79 Å². The van der Waals surface area contributed by atoms with E-state index in [-0.39, 0.29) is 5.78 Å². The maximum absolute atomic E-state index is 11.8. The molecule has 0 N–H and O–H groups in total. The quantitative estimate of drug-likeness (QED) is 0.620. The van der Waals surface area contributed by atoms with Crippen LogP contribution in [-0.4, -0.2) is 10.8 Å². The third-order valence-electron chi connectivity index (χ3n) is 3.46. The van der Waals surface area contributed by atoms with Crippen LogP contribution in [0.4, 0.5) is 0 Å². The van der Waals surface area contributed by atoms with Crippen molar-refractivity contribution in [3.8, 4) is 0 Å². The van der Waals surface area contributed by atoms with Crippen LogP contribution in [-0.2, 0) is 12.8 Å². The second-order valence-electron chi connectivity index (χ2n) is 4.62. The van der Waals surface area contributed by atoms with Crippen LogP contribution in [0, 0.1) is 0 Å². The van der Waals surface area contributed by atoms with E-state index in [0.29, 0.717) is 6.42 Å². The number of carbonyl (C=O) groups excluding carboxylic acids is 1. The molecule has 0 aliphatic heterocycles. The summed E-state index contributed by atoms with van der Waals surface area (Å²) in [4.78, 5) is 16.4. The molecule has 0 atom stereocenters. The maximum atomic E-state index is 11.8. The summed E-state index contributed by atoms with van der Waals surface area (Å²) >= 11 is 0. The van der Waals surface area contributed by atoms with Crippen molar-refractivity contribution >= 4 is 11.9 Å². The SMILES string of the molecule is O=C1CC=Cc2nc3c(cc21)CCCCC3. The summed E-state index contributed by atoms with van der Waals surface area (Å²) in [6.45, 7) is 0. The van der Waals surface area contributed by atoms with E-state index in [2.05, 4.69) is 11.1 Å². The molecule has 3 rings (SSSR count). The first-order valence-electron chi connectivity index (χ1n) is 6.07. The van der Waals surface area contributed by atoms with Gasteiger partial charge in [-0.3, -0.25) is 9.78 Å². The number of hydrogen-bond donors (Lipinski definition) is 0. The summed E-state index contributed by atoms with van der Waals surface area (Å²) in [5.41, 5.74) is 4.25. The monoisotopic (exact) mass is 213 g/mol. The van der Waals surface area contributed by atoms with E-state index in [1.165, 1.54) is 30.5 Å². The smallest absolute Gasteiger partial charge is 0.168 e. The number of fused-ring (bicyclic) bond motifs is 2. The molecule has 0 amide bonds. The van der Waals surface area contributed by atoms with Gasteiger partial charge in [0.25, 0.3) is 0 Å². The van der Waals surface area contributed by atoms with Crippen LogP contribution in [0.2, 0.25) is 0 Å². The van der Waals surface area contributed by atoms with E-state index in [4.69, 9.17) is 0 Å². The summed E-state index contributed by atoms with van der Waals surface area (Å²) in [6.07, 6.45) is 10.4. The second kappa shape index (κ2) is 3.85. The Morgan fingerprint density at radius 3 is 2.94 bits per heavy atom. The zero-order valence-corrected chi connectivity index (χ0v) is 9.33. The highest BCUT2D eigenvalue weighted by molar-refractivity contribution is 6.02. The predicted molar refractivity (Wildman–Crippen MR) is 63.5 cm³/mol. The number of allylic oxidation sites excluding steroid dienone is 1. The van der Waals surface area contributed by atoms with Crippen LogP contribution < -0.4 is 0 Å². The van der Waals surface area contributed by atoms with E-state index in [0.717, 1.165) is 24.1 Å². The molecule has 0 saturated heterocycles. The van der Waals surface area contributed by atoms with Crippen molar-refractivity contribution in [3.63, 3.8) is 0 Å². The minimum Gasteiger partial charge on any atom is -0.294 e. The zero-order chi connectivity index (χ0) is 11.0. The fourth-order valence-corrected chi connectivity index (χ4v) is 2.56. The number of carbonyl (C=O) groups is 1. The number of aryl methyl sites for hydroxylation is 2. The minimum atomic E-state index is 0.219. The molecule has 0 bridgehead atoms. The van der Waals surface area contributed by atoms with Crippen molar-refractivity contribution in [3.05, 3.63) is 34.7 Å². The molecule has 0 unspecified atom stereocenters. The molecule has 1 heterocycles. The summed E-state index contributed by atoms with van der Waals surface area (Å²) in [7, 11) is 0. The van der Waals surface area contributed by atoms with Crippen molar-refractivity contribution in [2.75, 3.05) is 0 Å². The van der Waals surface area contributed by atoms with Crippen molar-refractivity contribution in [1.29, 1.82) is 0 Å². The standard InChI is InChI=1S/C14H15NO/c16-14-8-4-7-13-11(14)9-10-5-2-1-3-6-12(10)15-13/h4,7,9H,1-3,5-6,8H2. The molecule has 0 saturated carbocycles. The van der Waals surface area contributed by atoms with Gasteiger partial charge in [-0.25, -0.2) is 0 Å². The van der Waals surface area contributed by atoms with Crippen molar-refractivity contribution in [2.45, 2.75) is 38.5 Å². The van der Waals surface area contributed by atoms with Crippen molar-refractivity contribution in [1.82, 2.24) is 4.98 Å². The Morgan fingerprint density at radius 2 is 2.00 bits per heavy atom. The van der Waals surface area contributed by atoms with Gasteiger partial charge in [0.05, 0.1) is 5.69 Å². The molecule has 16 heavy (non-hydrogen) atoms. The molecule has 1 aromatic heterocycles. The number of Topliss-reactive ketones (excluding diaryl/α,β-unsaturated/α-hetero) is 1. The lowest BCUT2D eigenvalue weighted by molar-refractivity contribution is 0.0994. The van der Waals surface area contributed by atoms with Crippen LogP contribution in [0.25, 0.3) is 6.08 Å². The Kier molecular flexibility index (Phi) is 2.35. The highest BCUT2D eigenvalue weighted by atomic mass is 16.1. The van der Waals surface area contributed by atoms with Gasteiger partial charge in [-0.2, -0.15) is 0 Å². The van der Waals surface area contributed by atoms with Gasteiger partial charge >= 0.3 is 0 Å². The van der Waals surface area contributed by atoms with E-state index in [1.807, 2.05) is 12.2 Å². The number of rotatable bonds is 0. The van der Waals surface area contributed by atoms with Crippen LogP contribution in [0.1, 0.15) is 53.0 Å². The first-order valence-corrected chi connectivity index (χ1v) is 6.07. The summed E-state index contributed by atoms with van der Waals surface area (Å²) in [6, 6.07) is 2.09. The lowest BCUT2D eigenvalue weighted by Gasteiger charge is -2.13. The van der Waals surface area contributed by atoms with Crippen LogP contribution in [0.5, 0.6) is 0 Å². The van der Waals surface area contributed by atoms with Gasteiger partial charge in [0.15, 0.2) is 5.78 Å². The molecule has 2 nitrogen and oxygen atoms in total. The van der Waals surface area contributed by atoms with Gasteiger partial charge in [-0.15, -0.1) is 0 Å². The molecule has 0 aromatic carbocycles. The lowest BCUT2D eigenvalue weighted by atomic mass is 9.96. The van der Waals surface area contributed by atoms with Crippen LogP contribution in [0.15, 0.2) is 12.1 Å². The van der Waals surface area contributed by atoms with Gasteiger partial charge in [-0.1, -0.05) is 12.5 Å². The number of hydrogen-bond acceptors (Lipinski definition) is 2. The number of pyridine rings is 1. The zero-order valence-electron chi connectivity index (χ0n) is 9.33. The van der Waals surface area contributed by atoms with Gasteiger partial charge in [-0.05, 0) is 43.4 Å². The van der Waals surface area contributed by atoms with Crippen LogP contribution in [0.3, 0.4) is 0 Å². The van der Waals surface area contributed by atoms with E-state index < -0.39 is 0 Å². The number of ketones is 1. The average Bonchev–Trinajstić information content (AvgIpc) is 2.52. The molecule has 1 aromatic rings. The molecular formula is C14H15NO. The minimum absolute atomic E-state index is 0.219. The van der Waals surface area contributed by atoms with E-state index in [1.54, 1.807) is 0 Å². The molecule has 2 aliphatic carbocycles. The Bertz CT molecular complexity index is 474. The maximum Gasteiger partial charge on any atom is 0.168 e. The van der Waals surface area contributed by atoms with Crippen molar-refractivity contribution < 1.29 is 4.79 Å². The number of nitrogens with zero attached hydrogens (tertiary/aromatic N) is 1. The summed E-state index contributed by atoms with van der Waals surface area (Å²) in [5, 5.41) is 0. The normalized spacial score (nSPS) is 18.9.